The molecule has 238 valence electrons. The van der Waals surface area contributed by atoms with Crippen LogP contribution in [-0.2, 0) is 9.59 Å². The Kier molecular flexibility index (Phi) is 12.6. The first-order valence-electron chi connectivity index (χ1n) is 14.1. The number of halogens is 1. The lowest BCUT2D eigenvalue weighted by molar-refractivity contribution is -0.134. The monoisotopic (exact) mass is 621 g/mol. The van der Waals surface area contributed by atoms with Crippen molar-refractivity contribution < 1.29 is 43.3 Å². The molecule has 45 heavy (non-hydrogen) atoms. The van der Waals surface area contributed by atoms with E-state index in [1.54, 1.807) is 73.7 Å². The number of rotatable bonds is 11. The Balaban J connectivity index is 0.000000610. The van der Waals surface area contributed by atoms with Gasteiger partial charge in [0.1, 0.15) is 17.3 Å². The molecule has 0 unspecified atom stereocenters. The Hall–Kier alpha value is -5.23. The fraction of sp³-hybridized carbons (Fsp3) is 0.273. The molecule has 11 nitrogen and oxygen atoms in total. The maximum absolute atomic E-state index is 13.6. The van der Waals surface area contributed by atoms with E-state index in [4.69, 9.17) is 25.4 Å². The molecule has 0 aromatic heterocycles. The Labute approximate surface area is 260 Å². The predicted octanol–water partition coefficient (Wildman–Crippen LogP) is 4.38. The van der Waals surface area contributed by atoms with Crippen LogP contribution in [0.2, 0.25) is 0 Å². The van der Waals surface area contributed by atoms with Gasteiger partial charge in [0, 0.05) is 54.0 Å². The van der Waals surface area contributed by atoms with E-state index >= 15 is 0 Å². The third-order valence-electron chi connectivity index (χ3n) is 7.18. The number of carboxylic acid groups (broad SMARTS) is 2. The summed E-state index contributed by atoms with van der Waals surface area (Å²) >= 11 is 0. The van der Waals surface area contributed by atoms with E-state index < -0.39 is 11.9 Å². The lowest BCUT2D eigenvalue weighted by Gasteiger charge is -2.33. The molecule has 1 amide bonds. The summed E-state index contributed by atoms with van der Waals surface area (Å²) in [6.45, 7) is 2.51. The van der Waals surface area contributed by atoms with Gasteiger partial charge in [-0.15, -0.1) is 0 Å². The van der Waals surface area contributed by atoms with Crippen LogP contribution < -0.4 is 20.1 Å². The number of hydrogen-bond acceptors (Lipinski definition) is 8. The van der Waals surface area contributed by atoms with E-state index in [2.05, 4.69) is 4.90 Å². The summed E-state index contributed by atoms with van der Waals surface area (Å²) in [5.41, 5.74) is 8.08. The van der Waals surface area contributed by atoms with Crippen molar-refractivity contribution in [3.8, 4) is 11.5 Å². The minimum atomic E-state index is -1.26. The molecule has 4 N–H and O–H groups in total. The number of nitrogen functional groups attached to an aromatic ring is 1. The average Bonchev–Trinajstić information content (AvgIpc) is 3.04. The number of anilines is 2. The number of likely N-dealkylation sites (tertiary alicyclic amines) is 1. The lowest BCUT2D eigenvalue weighted by Crippen LogP contribution is -2.43. The number of amides is 1. The van der Waals surface area contributed by atoms with Crippen molar-refractivity contribution in [2.24, 2.45) is 5.92 Å². The van der Waals surface area contributed by atoms with E-state index in [9.17, 15) is 23.6 Å². The number of benzene rings is 3. The minimum Gasteiger partial charge on any atom is -0.497 e. The standard InChI is InChI=1S/C29H32FN3O4.C4H4O4/c1-36-25-11-12-27(37-2)26(19-25)33(29(35)22-5-9-24(31)10-6-22)18-17-32-15-13-21(14-16-32)28(34)20-3-7-23(30)8-4-20;5-3(6)1-2-4(7)8/h3-12,19,21H,13-18,31H2,1-2H3;1-2H,(H,5,6)(H,7,8)/b;2-1+. The zero-order valence-electron chi connectivity index (χ0n) is 25.0. The normalized spacial score (nSPS) is 13.4. The number of methoxy groups -OCH3 is 2. The fourth-order valence-corrected chi connectivity index (χ4v) is 4.77. The zero-order chi connectivity index (χ0) is 32.9. The largest absolute Gasteiger partial charge is 0.497 e. The highest BCUT2D eigenvalue weighted by Crippen LogP contribution is 2.33. The number of ether oxygens (including phenoxy) is 2. The summed E-state index contributed by atoms with van der Waals surface area (Å²) in [6, 6.07) is 17.9. The summed E-state index contributed by atoms with van der Waals surface area (Å²) in [4.78, 5) is 49.5. The molecule has 1 fully saturated rings. The summed E-state index contributed by atoms with van der Waals surface area (Å²) < 4.78 is 24.2. The molecule has 3 aromatic rings. The number of piperidine rings is 1. The van der Waals surface area contributed by atoms with Crippen LogP contribution >= 0.6 is 0 Å². The molecule has 0 saturated carbocycles. The average molecular weight is 622 g/mol. The van der Waals surface area contributed by atoms with Crippen molar-refractivity contribution in [3.63, 3.8) is 0 Å². The number of carbonyl (C=O) groups is 4. The van der Waals surface area contributed by atoms with Gasteiger partial charge in [-0.1, -0.05) is 0 Å². The van der Waals surface area contributed by atoms with Gasteiger partial charge in [0.2, 0.25) is 0 Å². The minimum absolute atomic E-state index is 0.0564. The van der Waals surface area contributed by atoms with Gasteiger partial charge < -0.3 is 35.2 Å². The number of Topliss-reactive ketones (excluding diaryl/α,β-unsaturated/α-hetero) is 1. The molecule has 0 aliphatic carbocycles. The maximum Gasteiger partial charge on any atom is 0.328 e. The van der Waals surface area contributed by atoms with Crippen molar-refractivity contribution in [1.82, 2.24) is 4.90 Å². The smallest absolute Gasteiger partial charge is 0.328 e. The van der Waals surface area contributed by atoms with E-state index in [0.29, 0.717) is 72.1 Å². The van der Waals surface area contributed by atoms with Crippen molar-refractivity contribution in [1.29, 1.82) is 0 Å². The van der Waals surface area contributed by atoms with E-state index in [1.807, 2.05) is 0 Å². The van der Waals surface area contributed by atoms with Crippen molar-refractivity contribution in [3.05, 3.63) is 95.8 Å². The summed E-state index contributed by atoms with van der Waals surface area (Å²) in [5, 5.41) is 15.6. The molecule has 0 bridgehead atoms. The van der Waals surface area contributed by atoms with Crippen LogP contribution in [0, 0.1) is 11.7 Å². The quantitative estimate of drug-likeness (QED) is 0.159. The highest BCUT2D eigenvalue weighted by molar-refractivity contribution is 6.07. The van der Waals surface area contributed by atoms with Crippen molar-refractivity contribution in [2.75, 3.05) is 51.0 Å². The Morgan fingerprint density at radius 1 is 0.889 bits per heavy atom. The second-order valence-electron chi connectivity index (χ2n) is 10.1. The maximum atomic E-state index is 13.6. The first kappa shape index (κ1) is 34.3. The highest BCUT2D eigenvalue weighted by Gasteiger charge is 2.28. The van der Waals surface area contributed by atoms with E-state index in [0.717, 1.165) is 13.1 Å². The number of nitrogens with two attached hydrogens (primary N) is 1. The molecule has 1 heterocycles. The van der Waals surface area contributed by atoms with E-state index in [-0.39, 0.29) is 23.4 Å². The molecule has 0 spiro atoms. The van der Waals surface area contributed by atoms with Crippen LogP contribution in [-0.4, -0.2) is 79.1 Å². The van der Waals surface area contributed by atoms with Crippen LogP contribution in [0.1, 0.15) is 33.6 Å². The van der Waals surface area contributed by atoms with Gasteiger partial charge in [0.05, 0.1) is 19.9 Å². The van der Waals surface area contributed by atoms with E-state index in [1.165, 1.54) is 12.1 Å². The van der Waals surface area contributed by atoms with Crippen molar-refractivity contribution >= 4 is 35.0 Å². The predicted molar refractivity (Wildman–Crippen MR) is 166 cm³/mol. The first-order chi connectivity index (χ1) is 21.5. The number of carboxylic acids is 2. The SMILES string of the molecule is COc1ccc(OC)c(N(CCN2CCC(C(=O)c3ccc(F)cc3)CC2)C(=O)c2ccc(N)cc2)c1.O=C(O)/C=C/C(=O)O. The van der Waals surface area contributed by atoms with Gasteiger partial charge in [0.25, 0.3) is 5.91 Å². The molecular formula is C33H36FN3O8. The van der Waals surface area contributed by atoms with Gasteiger partial charge >= 0.3 is 11.9 Å². The second kappa shape index (κ2) is 16.6. The topological polar surface area (TPSA) is 160 Å². The van der Waals surface area contributed by atoms with Crippen LogP contribution in [0.15, 0.2) is 78.9 Å². The van der Waals surface area contributed by atoms with Crippen LogP contribution in [0.3, 0.4) is 0 Å². The molecule has 0 atom stereocenters. The fourth-order valence-electron chi connectivity index (χ4n) is 4.77. The Morgan fingerprint density at radius 3 is 2.00 bits per heavy atom. The number of carbonyl (C=O) groups excluding carboxylic acids is 2. The first-order valence-corrected chi connectivity index (χ1v) is 14.1. The second-order valence-corrected chi connectivity index (χ2v) is 10.1. The van der Waals surface area contributed by atoms with Gasteiger partial charge in [-0.25, -0.2) is 14.0 Å². The third kappa shape index (κ3) is 10.2. The molecule has 3 aromatic carbocycles. The molecule has 1 aliphatic heterocycles. The number of aliphatic carboxylic acids is 2. The van der Waals surface area contributed by atoms with Crippen LogP contribution in [0.25, 0.3) is 0 Å². The number of nitrogens with zero attached hydrogens (tertiary/aromatic N) is 2. The molecule has 1 aliphatic rings. The number of ketones is 1. The molecule has 0 radical (unpaired) electrons. The summed E-state index contributed by atoms with van der Waals surface area (Å²) in [5.74, 6) is -1.89. The summed E-state index contributed by atoms with van der Waals surface area (Å²) in [7, 11) is 3.15. The van der Waals surface area contributed by atoms with Crippen molar-refractivity contribution in [2.45, 2.75) is 12.8 Å². The molecule has 4 rings (SSSR count). The van der Waals surface area contributed by atoms with Gasteiger partial charge in [0.15, 0.2) is 5.78 Å². The highest BCUT2D eigenvalue weighted by atomic mass is 19.1. The van der Waals surface area contributed by atoms with Gasteiger partial charge in [-0.2, -0.15) is 0 Å². The van der Waals surface area contributed by atoms with Crippen LogP contribution in [0.5, 0.6) is 11.5 Å². The lowest BCUT2D eigenvalue weighted by atomic mass is 9.89. The third-order valence-corrected chi connectivity index (χ3v) is 7.18. The van der Waals surface area contributed by atoms with Gasteiger partial charge in [-0.05, 0) is 86.6 Å². The Bertz CT molecular complexity index is 1490. The zero-order valence-corrected chi connectivity index (χ0v) is 25.0. The number of hydrogen-bond donors (Lipinski definition) is 3. The summed E-state index contributed by atoms with van der Waals surface area (Å²) in [6.07, 6.45) is 2.54. The van der Waals surface area contributed by atoms with Gasteiger partial charge in [-0.3, -0.25) is 9.59 Å². The van der Waals surface area contributed by atoms with Crippen LogP contribution in [0.4, 0.5) is 15.8 Å². The molecule has 12 heteroatoms. The Morgan fingerprint density at radius 2 is 1.47 bits per heavy atom. The molecular weight excluding hydrogens is 585 g/mol. The molecule has 1 saturated heterocycles.